The number of benzene rings is 1. The zero-order valence-electron chi connectivity index (χ0n) is 9.62. The monoisotopic (exact) mass is 330 g/mol. The second kappa shape index (κ2) is 6.48. The van der Waals surface area contributed by atoms with Gasteiger partial charge in [-0.25, -0.2) is 0 Å². The lowest BCUT2D eigenvalue weighted by atomic mass is 9.87. The third kappa shape index (κ3) is 3.65. The summed E-state index contributed by atoms with van der Waals surface area (Å²) in [4.78, 5) is 0. The van der Waals surface area contributed by atoms with E-state index in [4.69, 9.17) is 4.74 Å². The van der Waals surface area contributed by atoms with Crippen molar-refractivity contribution in [2.24, 2.45) is 5.92 Å². The van der Waals surface area contributed by atoms with Gasteiger partial charge in [-0.3, -0.25) is 0 Å². The minimum Gasteiger partial charge on any atom is -0.492 e. The van der Waals surface area contributed by atoms with Crippen molar-refractivity contribution >= 4 is 22.6 Å². The average Bonchev–Trinajstić information content (AvgIpc) is 2.33. The SMILES string of the molecule is Ic1ccccc1OCCC1CCCCC1. The van der Waals surface area contributed by atoms with Crippen molar-refractivity contribution in [2.45, 2.75) is 38.5 Å². The van der Waals surface area contributed by atoms with Crippen molar-refractivity contribution < 1.29 is 4.74 Å². The van der Waals surface area contributed by atoms with E-state index in [-0.39, 0.29) is 0 Å². The van der Waals surface area contributed by atoms with Gasteiger partial charge in [0.25, 0.3) is 0 Å². The molecule has 0 heterocycles. The fraction of sp³-hybridized carbons (Fsp3) is 0.571. The maximum atomic E-state index is 5.83. The summed E-state index contributed by atoms with van der Waals surface area (Å²) in [5.74, 6) is 1.95. The van der Waals surface area contributed by atoms with E-state index in [1.165, 1.54) is 42.1 Å². The molecule has 1 aliphatic rings. The van der Waals surface area contributed by atoms with Crippen LogP contribution in [0.5, 0.6) is 5.75 Å². The van der Waals surface area contributed by atoms with Gasteiger partial charge in [0.15, 0.2) is 0 Å². The smallest absolute Gasteiger partial charge is 0.132 e. The van der Waals surface area contributed by atoms with E-state index < -0.39 is 0 Å². The summed E-state index contributed by atoms with van der Waals surface area (Å²) in [6.45, 7) is 0.880. The van der Waals surface area contributed by atoms with Crippen LogP contribution >= 0.6 is 22.6 Å². The van der Waals surface area contributed by atoms with Crippen LogP contribution < -0.4 is 4.74 Å². The molecule has 88 valence electrons. The highest BCUT2D eigenvalue weighted by molar-refractivity contribution is 14.1. The van der Waals surface area contributed by atoms with Gasteiger partial charge in [0.1, 0.15) is 5.75 Å². The summed E-state index contributed by atoms with van der Waals surface area (Å²) in [7, 11) is 0. The van der Waals surface area contributed by atoms with Crippen molar-refractivity contribution in [1.82, 2.24) is 0 Å². The molecule has 16 heavy (non-hydrogen) atoms. The molecule has 0 saturated heterocycles. The molecule has 0 aromatic heterocycles. The minimum absolute atomic E-state index is 0.880. The van der Waals surface area contributed by atoms with Crippen molar-refractivity contribution in [3.05, 3.63) is 27.8 Å². The summed E-state index contributed by atoms with van der Waals surface area (Å²) in [6.07, 6.45) is 8.34. The van der Waals surface area contributed by atoms with E-state index in [2.05, 4.69) is 40.8 Å². The second-order valence-corrected chi connectivity index (χ2v) is 5.73. The second-order valence-electron chi connectivity index (χ2n) is 4.57. The molecule has 0 radical (unpaired) electrons. The van der Waals surface area contributed by atoms with Gasteiger partial charge in [-0.15, -0.1) is 0 Å². The van der Waals surface area contributed by atoms with Gasteiger partial charge in [0.05, 0.1) is 10.2 Å². The first-order valence-corrected chi connectivity index (χ1v) is 7.31. The fourth-order valence-corrected chi connectivity index (χ4v) is 2.92. The van der Waals surface area contributed by atoms with E-state index in [0.29, 0.717) is 0 Å². The number of ether oxygens (including phenoxy) is 1. The predicted molar refractivity (Wildman–Crippen MR) is 75.8 cm³/mol. The van der Waals surface area contributed by atoms with Crippen molar-refractivity contribution in [3.63, 3.8) is 0 Å². The van der Waals surface area contributed by atoms with Crippen LogP contribution in [0.15, 0.2) is 24.3 Å². The van der Waals surface area contributed by atoms with Crippen molar-refractivity contribution in [1.29, 1.82) is 0 Å². The van der Waals surface area contributed by atoms with Crippen LogP contribution in [0.3, 0.4) is 0 Å². The lowest BCUT2D eigenvalue weighted by Crippen LogP contribution is -2.11. The van der Waals surface area contributed by atoms with Gasteiger partial charge in [-0.1, -0.05) is 44.2 Å². The Labute approximate surface area is 112 Å². The Hall–Kier alpha value is -0.250. The van der Waals surface area contributed by atoms with Gasteiger partial charge < -0.3 is 4.74 Å². The van der Waals surface area contributed by atoms with E-state index in [0.717, 1.165) is 18.3 Å². The Morgan fingerprint density at radius 2 is 1.88 bits per heavy atom. The maximum absolute atomic E-state index is 5.83. The zero-order chi connectivity index (χ0) is 11.2. The van der Waals surface area contributed by atoms with Gasteiger partial charge in [-0.2, -0.15) is 0 Å². The Balaban J connectivity index is 1.73. The molecule has 0 amide bonds. The molecule has 2 rings (SSSR count). The zero-order valence-corrected chi connectivity index (χ0v) is 11.8. The van der Waals surface area contributed by atoms with Gasteiger partial charge in [-0.05, 0) is 47.1 Å². The average molecular weight is 330 g/mol. The molecule has 0 aliphatic heterocycles. The molecule has 0 atom stereocenters. The molecule has 1 saturated carbocycles. The summed E-state index contributed by atoms with van der Waals surface area (Å²) in [5, 5.41) is 0. The van der Waals surface area contributed by atoms with Gasteiger partial charge in [0.2, 0.25) is 0 Å². The van der Waals surface area contributed by atoms with Crippen LogP contribution in [0.1, 0.15) is 38.5 Å². The first-order valence-electron chi connectivity index (χ1n) is 6.23. The first-order chi connectivity index (χ1) is 7.86. The Morgan fingerprint density at radius 1 is 1.12 bits per heavy atom. The number of hydrogen-bond acceptors (Lipinski definition) is 1. The quantitative estimate of drug-likeness (QED) is 0.731. The highest BCUT2D eigenvalue weighted by Crippen LogP contribution is 2.27. The maximum Gasteiger partial charge on any atom is 0.132 e. The molecule has 1 aromatic carbocycles. The van der Waals surface area contributed by atoms with Gasteiger partial charge in [0, 0.05) is 0 Å². The van der Waals surface area contributed by atoms with Crippen LogP contribution in [-0.2, 0) is 0 Å². The van der Waals surface area contributed by atoms with Gasteiger partial charge >= 0.3 is 0 Å². The highest BCUT2D eigenvalue weighted by Gasteiger charge is 2.13. The molecule has 2 heteroatoms. The topological polar surface area (TPSA) is 9.23 Å². The number of para-hydroxylation sites is 1. The Kier molecular flexibility index (Phi) is 4.94. The van der Waals surface area contributed by atoms with Crippen molar-refractivity contribution in [2.75, 3.05) is 6.61 Å². The third-order valence-electron chi connectivity index (χ3n) is 3.35. The normalized spacial score (nSPS) is 17.3. The van der Waals surface area contributed by atoms with E-state index in [1.807, 2.05) is 6.07 Å². The largest absolute Gasteiger partial charge is 0.492 e. The molecular formula is C14H19IO. The standard InChI is InChI=1S/C14H19IO/c15-13-8-4-5-9-14(13)16-11-10-12-6-2-1-3-7-12/h4-5,8-9,12H,1-3,6-7,10-11H2. The van der Waals surface area contributed by atoms with Crippen LogP contribution in [-0.4, -0.2) is 6.61 Å². The third-order valence-corrected chi connectivity index (χ3v) is 4.24. The minimum atomic E-state index is 0.880. The lowest BCUT2D eigenvalue weighted by molar-refractivity contribution is 0.245. The lowest BCUT2D eigenvalue weighted by Gasteiger charge is -2.21. The highest BCUT2D eigenvalue weighted by atomic mass is 127. The van der Waals surface area contributed by atoms with E-state index in [9.17, 15) is 0 Å². The van der Waals surface area contributed by atoms with Crippen molar-refractivity contribution in [3.8, 4) is 5.75 Å². The fourth-order valence-electron chi connectivity index (χ4n) is 2.37. The molecule has 1 nitrogen and oxygen atoms in total. The van der Waals surface area contributed by atoms with E-state index in [1.54, 1.807) is 0 Å². The van der Waals surface area contributed by atoms with Crippen LogP contribution in [0.25, 0.3) is 0 Å². The van der Waals surface area contributed by atoms with Crippen LogP contribution in [0, 0.1) is 9.49 Å². The predicted octanol–water partition coefficient (Wildman–Crippen LogP) is 4.64. The molecule has 0 bridgehead atoms. The Morgan fingerprint density at radius 3 is 2.62 bits per heavy atom. The molecule has 0 unspecified atom stereocenters. The molecule has 0 spiro atoms. The summed E-state index contributed by atoms with van der Waals surface area (Å²) in [5.41, 5.74) is 0. The van der Waals surface area contributed by atoms with Crippen LogP contribution in [0.2, 0.25) is 0 Å². The van der Waals surface area contributed by atoms with Crippen LogP contribution in [0.4, 0.5) is 0 Å². The summed E-state index contributed by atoms with van der Waals surface area (Å²) >= 11 is 2.33. The first kappa shape index (κ1) is 12.2. The summed E-state index contributed by atoms with van der Waals surface area (Å²) in [6, 6.07) is 8.24. The molecule has 0 N–H and O–H groups in total. The summed E-state index contributed by atoms with van der Waals surface area (Å²) < 4.78 is 7.04. The molecule has 1 aliphatic carbocycles. The molecular weight excluding hydrogens is 311 g/mol. The number of rotatable bonds is 4. The number of hydrogen-bond donors (Lipinski definition) is 0. The Bertz CT molecular complexity index is 318. The molecule has 1 aromatic rings. The van der Waals surface area contributed by atoms with E-state index >= 15 is 0 Å². The number of halogens is 1. The molecule has 1 fully saturated rings.